The number of carbonyl (C=O) groups excluding carboxylic acids is 2. The van der Waals surface area contributed by atoms with Gasteiger partial charge in [0.05, 0.1) is 18.9 Å². The minimum Gasteiger partial charge on any atom is -0.493 e. The summed E-state index contributed by atoms with van der Waals surface area (Å²) in [6.07, 6.45) is 0.386. The van der Waals surface area contributed by atoms with E-state index in [-0.39, 0.29) is 25.0 Å². The smallest absolute Gasteiger partial charge is 0.307 e. The highest BCUT2D eigenvalue weighted by Crippen LogP contribution is 2.38. The number of likely N-dealkylation sites (N-methyl/N-ethyl adjacent to an activating group) is 1. The Hall–Kier alpha value is -2.77. The third-order valence-electron chi connectivity index (χ3n) is 3.87. The molecule has 2 unspecified atom stereocenters. The van der Waals surface area contributed by atoms with Gasteiger partial charge < -0.3 is 25.2 Å². The van der Waals surface area contributed by atoms with E-state index in [1.807, 2.05) is 6.92 Å². The minimum absolute atomic E-state index is 0.113. The Morgan fingerprint density at radius 3 is 2.56 bits per heavy atom. The molecule has 136 valence electrons. The molecule has 1 fully saturated rings. The Labute approximate surface area is 145 Å². The van der Waals surface area contributed by atoms with E-state index < -0.39 is 17.8 Å². The molecular formula is C17H22N2O6. The lowest BCUT2D eigenvalue weighted by atomic mass is 10.2. The van der Waals surface area contributed by atoms with Gasteiger partial charge in [-0.2, -0.15) is 0 Å². The molecule has 8 heteroatoms. The topological polar surface area (TPSA) is 114 Å². The number of carboxylic acid groups (broad SMARTS) is 1. The molecular weight excluding hydrogens is 328 g/mol. The van der Waals surface area contributed by atoms with Crippen LogP contribution in [-0.4, -0.2) is 43.2 Å². The fraction of sp³-hybridized carbons (Fsp3) is 0.471. The molecule has 2 rings (SSSR count). The molecule has 1 aliphatic carbocycles. The average molecular weight is 350 g/mol. The summed E-state index contributed by atoms with van der Waals surface area (Å²) in [6.45, 7) is 2.50. The van der Waals surface area contributed by atoms with Gasteiger partial charge in [-0.1, -0.05) is 6.07 Å². The molecule has 1 aromatic rings. The number of hydrogen-bond donors (Lipinski definition) is 3. The van der Waals surface area contributed by atoms with Crippen LogP contribution < -0.4 is 20.1 Å². The van der Waals surface area contributed by atoms with Gasteiger partial charge in [0.25, 0.3) is 5.91 Å². The number of carboxylic acids is 1. The van der Waals surface area contributed by atoms with Gasteiger partial charge in [-0.25, -0.2) is 0 Å². The maximum atomic E-state index is 11.9. The van der Waals surface area contributed by atoms with Crippen LogP contribution >= 0.6 is 0 Å². The molecule has 0 saturated heterocycles. The van der Waals surface area contributed by atoms with Gasteiger partial charge in [0.15, 0.2) is 18.1 Å². The highest BCUT2D eigenvalue weighted by Gasteiger charge is 2.48. The van der Waals surface area contributed by atoms with Crippen molar-refractivity contribution in [3.05, 3.63) is 23.8 Å². The second-order valence-corrected chi connectivity index (χ2v) is 5.73. The third kappa shape index (κ3) is 5.10. The Balaban J connectivity index is 1.89. The zero-order valence-electron chi connectivity index (χ0n) is 14.2. The summed E-state index contributed by atoms with van der Waals surface area (Å²) in [6, 6.07) is 5.11. The summed E-state index contributed by atoms with van der Waals surface area (Å²) in [7, 11) is 1.48. The van der Waals surface area contributed by atoms with E-state index in [1.54, 1.807) is 18.2 Å². The molecule has 25 heavy (non-hydrogen) atoms. The van der Waals surface area contributed by atoms with Crippen molar-refractivity contribution < 1.29 is 29.0 Å². The Kier molecular flexibility index (Phi) is 6.21. The van der Waals surface area contributed by atoms with Crippen LogP contribution in [0.5, 0.6) is 11.5 Å². The first-order valence-corrected chi connectivity index (χ1v) is 8.03. The average Bonchev–Trinajstić information content (AvgIpc) is 3.39. The second-order valence-electron chi connectivity index (χ2n) is 5.73. The normalized spacial score (nSPS) is 18.2. The van der Waals surface area contributed by atoms with E-state index in [2.05, 4.69) is 10.6 Å². The van der Waals surface area contributed by atoms with Crippen molar-refractivity contribution in [1.82, 2.24) is 10.6 Å². The largest absolute Gasteiger partial charge is 0.493 e. The van der Waals surface area contributed by atoms with Crippen LogP contribution in [0.2, 0.25) is 0 Å². The molecule has 0 aromatic heterocycles. The summed E-state index contributed by atoms with van der Waals surface area (Å²) >= 11 is 0. The van der Waals surface area contributed by atoms with Gasteiger partial charge in [0.2, 0.25) is 5.91 Å². The molecule has 3 N–H and O–H groups in total. The number of aliphatic carboxylic acids is 1. The Morgan fingerprint density at radius 1 is 1.20 bits per heavy atom. The van der Waals surface area contributed by atoms with E-state index in [0.717, 1.165) is 5.56 Å². The lowest BCUT2D eigenvalue weighted by Crippen LogP contribution is -2.28. The molecule has 0 radical (unpaired) electrons. The van der Waals surface area contributed by atoms with E-state index in [4.69, 9.17) is 14.6 Å². The first-order chi connectivity index (χ1) is 12.0. The first kappa shape index (κ1) is 18.6. The van der Waals surface area contributed by atoms with Crippen molar-refractivity contribution in [2.24, 2.45) is 11.8 Å². The number of rotatable bonds is 9. The number of nitrogens with one attached hydrogen (secondary N) is 2. The van der Waals surface area contributed by atoms with Crippen LogP contribution in [0.15, 0.2) is 18.2 Å². The van der Waals surface area contributed by atoms with Crippen molar-refractivity contribution >= 4 is 17.8 Å². The second kappa shape index (κ2) is 8.36. The van der Waals surface area contributed by atoms with Crippen molar-refractivity contribution in [3.63, 3.8) is 0 Å². The van der Waals surface area contributed by atoms with Crippen LogP contribution in [0, 0.1) is 11.8 Å². The molecule has 8 nitrogen and oxygen atoms in total. The number of carbonyl (C=O) groups is 3. The van der Waals surface area contributed by atoms with Gasteiger partial charge in [0.1, 0.15) is 0 Å². The van der Waals surface area contributed by atoms with Crippen molar-refractivity contribution in [3.8, 4) is 11.5 Å². The number of methoxy groups -OCH3 is 1. The maximum absolute atomic E-state index is 11.9. The fourth-order valence-electron chi connectivity index (χ4n) is 2.41. The first-order valence-electron chi connectivity index (χ1n) is 8.03. The zero-order chi connectivity index (χ0) is 18.4. The predicted octanol–water partition coefficient (Wildman–Crippen LogP) is 0.547. The van der Waals surface area contributed by atoms with Crippen LogP contribution in [0.1, 0.15) is 18.9 Å². The van der Waals surface area contributed by atoms with Gasteiger partial charge in [-0.05, 0) is 31.0 Å². The number of ether oxygens (including phenoxy) is 2. The molecule has 2 atom stereocenters. The zero-order valence-corrected chi connectivity index (χ0v) is 14.2. The summed E-state index contributed by atoms with van der Waals surface area (Å²) in [5.74, 6) is -1.56. The lowest BCUT2D eigenvalue weighted by molar-refractivity contribution is -0.140. The van der Waals surface area contributed by atoms with Crippen LogP contribution in [0.3, 0.4) is 0 Å². The Morgan fingerprint density at radius 2 is 1.96 bits per heavy atom. The molecule has 0 spiro atoms. The molecule has 1 aliphatic rings. The fourth-order valence-corrected chi connectivity index (χ4v) is 2.41. The van der Waals surface area contributed by atoms with E-state index in [0.29, 0.717) is 24.5 Å². The standard InChI is InChI=1S/C17H22N2O6/c1-3-18-15(20)9-25-13-5-4-10(6-14(13)24-2)8-19-16(21)11-7-12(11)17(22)23/h4-6,11-12H,3,7-9H2,1-2H3,(H,18,20)(H,19,21)(H,22,23). The Bertz CT molecular complexity index is 661. The van der Waals surface area contributed by atoms with E-state index >= 15 is 0 Å². The highest BCUT2D eigenvalue weighted by molar-refractivity contribution is 5.89. The summed E-state index contributed by atoms with van der Waals surface area (Å²) in [5.41, 5.74) is 0.781. The highest BCUT2D eigenvalue weighted by atomic mass is 16.5. The van der Waals surface area contributed by atoms with Crippen molar-refractivity contribution in [1.29, 1.82) is 0 Å². The van der Waals surface area contributed by atoms with Gasteiger partial charge in [0, 0.05) is 13.1 Å². The maximum Gasteiger partial charge on any atom is 0.307 e. The molecule has 0 bridgehead atoms. The number of hydrogen-bond acceptors (Lipinski definition) is 5. The van der Waals surface area contributed by atoms with Gasteiger partial charge in [-0.15, -0.1) is 0 Å². The monoisotopic (exact) mass is 350 g/mol. The molecule has 0 heterocycles. The van der Waals surface area contributed by atoms with Crippen LogP contribution in [-0.2, 0) is 20.9 Å². The van der Waals surface area contributed by atoms with Crippen LogP contribution in [0.4, 0.5) is 0 Å². The predicted molar refractivity (Wildman–Crippen MR) is 88.3 cm³/mol. The van der Waals surface area contributed by atoms with E-state index in [1.165, 1.54) is 7.11 Å². The molecule has 1 aromatic carbocycles. The molecule has 2 amide bonds. The van der Waals surface area contributed by atoms with Crippen molar-refractivity contribution in [2.75, 3.05) is 20.3 Å². The van der Waals surface area contributed by atoms with Gasteiger partial charge in [-0.3, -0.25) is 14.4 Å². The summed E-state index contributed by atoms with van der Waals surface area (Å²) in [5, 5.41) is 14.2. The SMILES string of the molecule is CCNC(=O)COc1ccc(CNC(=O)C2CC2C(=O)O)cc1OC. The number of amides is 2. The minimum atomic E-state index is -0.935. The molecule has 1 saturated carbocycles. The summed E-state index contributed by atoms with van der Waals surface area (Å²) < 4.78 is 10.7. The van der Waals surface area contributed by atoms with Gasteiger partial charge >= 0.3 is 5.97 Å². The lowest BCUT2D eigenvalue weighted by Gasteiger charge is -2.12. The third-order valence-corrected chi connectivity index (χ3v) is 3.87. The molecule has 0 aliphatic heterocycles. The summed E-state index contributed by atoms with van der Waals surface area (Å²) in [4.78, 5) is 34.1. The quantitative estimate of drug-likeness (QED) is 0.599. The van der Waals surface area contributed by atoms with E-state index in [9.17, 15) is 14.4 Å². The van der Waals surface area contributed by atoms with Crippen molar-refractivity contribution in [2.45, 2.75) is 19.9 Å². The number of benzene rings is 1. The van der Waals surface area contributed by atoms with Crippen LogP contribution in [0.25, 0.3) is 0 Å².